The number of rotatable bonds is 5. The third kappa shape index (κ3) is 4.21. The molecule has 1 heterocycles. The van der Waals surface area contributed by atoms with Gasteiger partial charge in [0.05, 0.1) is 12.5 Å². The van der Waals surface area contributed by atoms with Crippen molar-refractivity contribution < 1.29 is 9.53 Å². The highest BCUT2D eigenvalue weighted by Gasteiger charge is 2.30. The van der Waals surface area contributed by atoms with E-state index in [1.807, 2.05) is 19.9 Å². The molecule has 1 fully saturated rings. The summed E-state index contributed by atoms with van der Waals surface area (Å²) in [7, 11) is 1.45. The Bertz CT molecular complexity index is 451. The SMILES string of the molecule is COC(=O)C(C)(C)CNC1CCN(c2ccccc2)CC1. The minimum absolute atomic E-state index is 0.156. The second kappa shape index (κ2) is 6.94. The van der Waals surface area contributed by atoms with Gasteiger partial charge in [-0.05, 0) is 38.8 Å². The zero-order valence-corrected chi connectivity index (χ0v) is 13.3. The summed E-state index contributed by atoms with van der Waals surface area (Å²) < 4.78 is 4.84. The van der Waals surface area contributed by atoms with Gasteiger partial charge in [-0.2, -0.15) is 0 Å². The number of nitrogens with one attached hydrogen (secondary N) is 1. The second-order valence-corrected chi connectivity index (χ2v) is 6.35. The molecule has 1 saturated heterocycles. The number of para-hydroxylation sites is 1. The average Bonchev–Trinajstić information content (AvgIpc) is 2.53. The molecule has 0 bridgehead atoms. The summed E-state index contributed by atoms with van der Waals surface area (Å²) in [4.78, 5) is 14.1. The molecule has 0 aromatic heterocycles. The largest absolute Gasteiger partial charge is 0.469 e. The average molecular weight is 290 g/mol. The Labute approximate surface area is 127 Å². The van der Waals surface area contributed by atoms with Gasteiger partial charge < -0.3 is 15.0 Å². The summed E-state index contributed by atoms with van der Waals surface area (Å²) in [6.07, 6.45) is 2.21. The number of ether oxygens (including phenoxy) is 1. The van der Waals surface area contributed by atoms with Gasteiger partial charge in [0.25, 0.3) is 0 Å². The van der Waals surface area contributed by atoms with Crippen molar-refractivity contribution in [3.8, 4) is 0 Å². The molecule has 1 aromatic rings. The minimum atomic E-state index is -0.467. The summed E-state index contributed by atoms with van der Waals surface area (Å²) in [5.74, 6) is -0.156. The van der Waals surface area contributed by atoms with E-state index < -0.39 is 5.41 Å². The number of methoxy groups -OCH3 is 1. The first-order valence-corrected chi connectivity index (χ1v) is 7.65. The Hall–Kier alpha value is -1.55. The van der Waals surface area contributed by atoms with E-state index in [4.69, 9.17) is 4.74 Å². The highest BCUT2D eigenvalue weighted by molar-refractivity contribution is 5.76. The van der Waals surface area contributed by atoms with Crippen molar-refractivity contribution in [3.63, 3.8) is 0 Å². The van der Waals surface area contributed by atoms with Crippen LogP contribution in [0.1, 0.15) is 26.7 Å². The van der Waals surface area contributed by atoms with Gasteiger partial charge in [0.15, 0.2) is 0 Å². The zero-order valence-electron chi connectivity index (χ0n) is 13.3. The van der Waals surface area contributed by atoms with Crippen LogP contribution in [0.2, 0.25) is 0 Å². The molecule has 0 atom stereocenters. The fraction of sp³-hybridized carbons (Fsp3) is 0.588. The van der Waals surface area contributed by atoms with Crippen molar-refractivity contribution in [2.75, 3.05) is 31.6 Å². The van der Waals surface area contributed by atoms with Crippen LogP contribution in [-0.4, -0.2) is 38.8 Å². The van der Waals surface area contributed by atoms with Crippen LogP contribution in [0.3, 0.4) is 0 Å². The summed E-state index contributed by atoms with van der Waals surface area (Å²) in [5.41, 5.74) is 0.830. The fourth-order valence-corrected chi connectivity index (χ4v) is 2.73. The van der Waals surface area contributed by atoms with E-state index in [0.29, 0.717) is 12.6 Å². The van der Waals surface area contributed by atoms with Crippen LogP contribution < -0.4 is 10.2 Å². The lowest BCUT2D eigenvalue weighted by Gasteiger charge is -2.35. The Morgan fingerprint density at radius 3 is 2.48 bits per heavy atom. The predicted octanol–water partition coefficient (Wildman–Crippen LogP) is 2.44. The Kier molecular flexibility index (Phi) is 5.23. The van der Waals surface area contributed by atoms with Crippen LogP contribution in [0.25, 0.3) is 0 Å². The second-order valence-electron chi connectivity index (χ2n) is 6.35. The van der Waals surface area contributed by atoms with Crippen LogP contribution in [0.4, 0.5) is 5.69 Å². The topological polar surface area (TPSA) is 41.6 Å². The molecule has 0 unspecified atom stereocenters. The molecule has 116 valence electrons. The molecule has 0 spiro atoms. The lowest BCUT2D eigenvalue weighted by molar-refractivity contribution is -0.150. The van der Waals surface area contributed by atoms with E-state index >= 15 is 0 Å². The molecular weight excluding hydrogens is 264 g/mol. The summed E-state index contributed by atoms with van der Waals surface area (Å²) in [6.45, 7) is 6.62. The van der Waals surface area contributed by atoms with Crippen LogP contribution in [0.15, 0.2) is 30.3 Å². The number of hydrogen-bond acceptors (Lipinski definition) is 4. The first-order chi connectivity index (χ1) is 10.0. The first-order valence-electron chi connectivity index (χ1n) is 7.65. The number of hydrogen-bond donors (Lipinski definition) is 1. The summed E-state index contributed by atoms with van der Waals surface area (Å²) in [6, 6.07) is 11.0. The molecular formula is C17H26N2O2. The van der Waals surface area contributed by atoms with Gasteiger partial charge in [-0.3, -0.25) is 4.79 Å². The van der Waals surface area contributed by atoms with Crippen molar-refractivity contribution in [3.05, 3.63) is 30.3 Å². The van der Waals surface area contributed by atoms with Crippen molar-refractivity contribution >= 4 is 11.7 Å². The summed E-state index contributed by atoms with van der Waals surface area (Å²) >= 11 is 0. The van der Waals surface area contributed by atoms with Crippen LogP contribution >= 0.6 is 0 Å². The maximum Gasteiger partial charge on any atom is 0.312 e. The maximum absolute atomic E-state index is 11.7. The van der Waals surface area contributed by atoms with Gasteiger partial charge in [0.2, 0.25) is 0 Å². The standard InChI is InChI=1S/C17H26N2O2/c1-17(2,16(20)21-3)13-18-14-9-11-19(12-10-14)15-7-5-4-6-8-15/h4-8,14,18H,9-13H2,1-3H3. The molecule has 0 amide bonds. The third-order valence-corrected chi connectivity index (χ3v) is 4.19. The molecule has 0 aliphatic carbocycles. The van der Waals surface area contributed by atoms with E-state index in [-0.39, 0.29) is 5.97 Å². The van der Waals surface area contributed by atoms with Crippen LogP contribution in [-0.2, 0) is 9.53 Å². The molecule has 0 saturated carbocycles. The quantitative estimate of drug-likeness (QED) is 0.846. The third-order valence-electron chi connectivity index (χ3n) is 4.19. The molecule has 4 heteroatoms. The zero-order chi connectivity index (χ0) is 15.3. The number of carbonyl (C=O) groups excluding carboxylic acids is 1. The number of nitrogens with zero attached hydrogens (tertiary/aromatic N) is 1. The molecule has 0 radical (unpaired) electrons. The fourth-order valence-electron chi connectivity index (χ4n) is 2.73. The van der Waals surface area contributed by atoms with E-state index in [0.717, 1.165) is 25.9 Å². The van der Waals surface area contributed by atoms with Gasteiger partial charge in [-0.15, -0.1) is 0 Å². The van der Waals surface area contributed by atoms with Gasteiger partial charge in [-0.25, -0.2) is 0 Å². The Morgan fingerprint density at radius 2 is 1.90 bits per heavy atom. The van der Waals surface area contributed by atoms with Gasteiger partial charge in [0, 0.05) is 31.4 Å². The highest BCUT2D eigenvalue weighted by Crippen LogP contribution is 2.21. The van der Waals surface area contributed by atoms with Crippen molar-refractivity contribution in [1.29, 1.82) is 0 Å². The molecule has 21 heavy (non-hydrogen) atoms. The number of anilines is 1. The molecule has 1 aliphatic rings. The summed E-state index contributed by atoms with van der Waals surface area (Å²) in [5, 5.41) is 3.52. The first kappa shape index (κ1) is 15.8. The maximum atomic E-state index is 11.7. The number of esters is 1. The minimum Gasteiger partial charge on any atom is -0.469 e. The van der Waals surface area contributed by atoms with Crippen LogP contribution in [0, 0.1) is 5.41 Å². The molecule has 1 N–H and O–H groups in total. The number of carbonyl (C=O) groups is 1. The van der Waals surface area contributed by atoms with Crippen LogP contribution in [0.5, 0.6) is 0 Å². The van der Waals surface area contributed by atoms with Gasteiger partial charge in [-0.1, -0.05) is 18.2 Å². The van der Waals surface area contributed by atoms with E-state index in [2.05, 4.69) is 34.5 Å². The molecule has 2 rings (SSSR count). The Balaban J connectivity index is 1.78. The molecule has 1 aromatic carbocycles. The lowest BCUT2D eigenvalue weighted by atomic mass is 9.92. The smallest absolute Gasteiger partial charge is 0.312 e. The van der Waals surface area contributed by atoms with E-state index in [9.17, 15) is 4.79 Å². The number of benzene rings is 1. The van der Waals surface area contributed by atoms with Crippen molar-refractivity contribution in [2.24, 2.45) is 5.41 Å². The van der Waals surface area contributed by atoms with Gasteiger partial charge in [0.1, 0.15) is 0 Å². The predicted molar refractivity (Wildman–Crippen MR) is 85.5 cm³/mol. The van der Waals surface area contributed by atoms with Crippen molar-refractivity contribution in [1.82, 2.24) is 5.32 Å². The van der Waals surface area contributed by atoms with E-state index in [1.165, 1.54) is 12.8 Å². The monoisotopic (exact) mass is 290 g/mol. The van der Waals surface area contributed by atoms with E-state index in [1.54, 1.807) is 0 Å². The van der Waals surface area contributed by atoms with Gasteiger partial charge >= 0.3 is 5.97 Å². The number of piperidine rings is 1. The molecule has 1 aliphatic heterocycles. The molecule has 4 nitrogen and oxygen atoms in total. The highest BCUT2D eigenvalue weighted by atomic mass is 16.5. The lowest BCUT2D eigenvalue weighted by Crippen LogP contribution is -2.47. The van der Waals surface area contributed by atoms with Crippen molar-refractivity contribution in [2.45, 2.75) is 32.7 Å². The Morgan fingerprint density at radius 1 is 1.29 bits per heavy atom. The normalized spacial score (nSPS) is 16.8.